The number of carbonyl (C=O) groups is 1. The summed E-state index contributed by atoms with van der Waals surface area (Å²) >= 11 is 0. The highest BCUT2D eigenvalue weighted by molar-refractivity contribution is 5.86. The monoisotopic (exact) mass is 251 g/mol. The van der Waals surface area contributed by atoms with E-state index in [-0.39, 0.29) is 11.8 Å². The number of aliphatic hydroxyl groups is 1. The Labute approximate surface area is 106 Å². The van der Waals surface area contributed by atoms with Gasteiger partial charge in [0.1, 0.15) is 0 Å². The van der Waals surface area contributed by atoms with E-state index in [9.17, 15) is 9.90 Å². The summed E-state index contributed by atoms with van der Waals surface area (Å²) in [7, 11) is 1.31. The van der Waals surface area contributed by atoms with Crippen molar-refractivity contribution in [3.63, 3.8) is 0 Å². The number of aliphatic hydroxyl groups excluding tert-OH is 1. The van der Waals surface area contributed by atoms with Gasteiger partial charge in [-0.15, -0.1) is 10.2 Å². The van der Waals surface area contributed by atoms with Gasteiger partial charge in [0.25, 0.3) is 0 Å². The van der Waals surface area contributed by atoms with Crippen LogP contribution in [-0.2, 0) is 4.74 Å². The summed E-state index contributed by atoms with van der Waals surface area (Å²) in [6.45, 7) is 3.42. The molecule has 2 atom stereocenters. The van der Waals surface area contributed by atoms with Crippen LogP contribution in [-0.4, -0.2) is 47.6 Å². The third-order valence-electron chi connectivity index (χ3n) is 3.29. The minimum atomic E-state index is -0.499. The number of esters is 1. The van der Waals surface area contributed by atoms with Crippen LogP contribution in [0.5, 0.6) is 0 Å². The molecule has 1 aromatic rings. The maximum absolute atomic E-state index is 11.2. The van der Waals surface area contributed by atoms with Gasteiger partial charge in [-0.1, -0.05) is 6.92 Å². The first kappa shape index (κ1) is 12.8. The SMILES string of the molecule is COC(=O)c1ccc(N2CCC(C)C(O)C2)nn1. The third-order valence-corrected chi connectivity index (χ3v) is 3.29. The molecule has 0 aliphatic carbocycles. The molecule has 1 N–H and O–H groups in total. The van der Waals surface area contributed by atoms with Crippen molar-refractivity contribution in [2.24, 2.45) is 5.92 Å². The molecule has 1 fully saturated rings. The van der Waals surface area contributed by atoms with Crippen LogP contribution in [0.4, 0.5) is 5.82 Å². The predicted molar refractivity (Wildman–Crippen MR) is 65.4 cm³/mol. The fraction of sp³-hybridized carbons (Fsp3) is 0.583. The van der Waals surface area contributed by atoms with E-state index < -0.39 is 5.97 Å². The van der Waals surface area contributed by atoms with Gasteiger partial charge in [-0.3, -0.25) is 0 Å². The van der Waals surface area contributed by atoms with Crippen molar-refractivity contribution in [1.29, 1.82) is 0 Å². The van der Waals surface area contributed by atoms with Gasteiger partial charge in [-0.05, 0) is 24.5 Å². The number of rotatable bonds is 2. The normalized spacial score (nSPS) is 23.8. The van der Waals surface area contributed by atoms with Crippen molar-refractivity contribution in [3.05, 3.63) is 17.8 Å². The summed E-state index contributed by atoms with van der Waals surface area (Å²) in [5.74, 6) is 0.485. The van der Waals surface area contributed by atoms with Gasteiger partial charge in [-0.2, -0.15) is 0 Å². The van der Waals surface area contributed by atoms with Crippen molar-refractivity contribution in [2.75, 3.05) is 25.1 Å². The highest BCUT2D eigenvalue weighted by atomic mass is 16.5. The van der Waals surface area contributed by atoms with E-state index in [1.807, 2.05) is 11.8 Å². The minimum absolute atomic E-state index is 0.187. The second kappa shape index (κ2) is 5.30. The molecule has 1 aliphatic rings. The molecule has 98 valence electrons. The van der Waals surface area contributed by atoms with Crippen LogP contribution < -0.4 is 4.90 Å². The molecule has 6 heteroatoms. The Morgan fingerprint density at radius 3 is 2.83 bits per heavy atom. The summed E-state index contributed by atoms with van der Waals surface area (Å²) in [6, 6.07) is 3.31. The maximum Gasteiger partial charge on any atom is 0.358 e. The first-order valence-corrected chi connectivity index (χ1v) is 5.97. The van der Waals surface area contributed by atoms with E-state index in [0.717, 1.165) is 13.0 Å². The lowest BCUT2D eigenvalue weighted by Crippen LogP contribution is -2.43. The number of β-amino-alcohol motifs (C(OH)–C–C–N with tert-alkyl or cyclic N) is 1. The summed E-state index contributed by atoms with van der Waals surface area (Å²) in [4.78, 5) is 13.2. The van der Waals surface area contributed by atoms with E-state index >= 15 is 0 Å². The lowest BCUT2D eigenvalue weighted by atomic mass is 9.96. The largest absolute Gasteiger partial charge is 0.464 e. The second-order valence-corrected chi connectivity index (χ2v) is 4.55. The van der Waals surface area contributed by atoms with Crippen molar-refractivity contribution in [3.8, 4) is 0 Å². The molecule has 2 rings (SSSR count). The van der Waals surface area contributed by atoms with E-state index in [1.54, 1.807) is 12.1 Å². The van der Waals surface area contributed by atoms with Crippen molar-refractivity contribution in [2.45, 2.75) is 19.4 Å². The van der Waals surface area contributed by atoms with Gasteiger partial charge in [0, 0.05) is 13.1 Å². The van der Waals surface area contributed by atoms with Gasteiger partial charge in [0.05, 0.1) is 13.2 Å². The summed E-state index contributed by atoms with van der Waals surface area (Å²) < 4.78 is 4.56. The topological polar surface area (TPSA) is 75.5 Å². The predicted octanol–water partition coefficient (Wildman–Crippen LogP) is 0.470. The molecule has 1 saturated heterocycles. The lowest BCUT2D eigenvalue weighted by molar-refractivity contribution is 0.0592. The summed E-state index contributed by atoms with van der Waals surface area (Å²) in [6.07, 6.45) is 0.572. The van der Waals surface area contributed by atoms with Crippen LogP contribution in [0, 0.1) is 5.92 Å². The van der Waals surface area contributed by atoms with E-state index in [0.29, 0.717) is 18.3 Å². The number of nitrogens with zero attached hydrogens (tertiary/aromatic N) is 3. The Morgan fingerprint density at radius 2 is 2.28 bits per heavy atom. The molecule has 18 heavy (non-hydrogen) atoms. The molecule has 0 spiro atoms. The first-order valence-electron chi connectivity index (χ1n) is 5.97. The molecule has 0 radical (unpaired) electrons. The number of methoxy groups -OCH3 is 1. The number of carbonyl (C=O) groups excluding carboxylic acids is 1. The van der Waals surface area contributed by atoms with Crippen LogP contribution in [0.3, 0.4) is 0 Å². The number of aromatic nitrogens is 2. The zero-order valence-corrected chi connectivity index (χ0v) is 10.5. The highest BCUT2D eigenvalue weighted by Crippen LogP contribution is 2.21. The Hall–Kier alpha value is -1.69. The Bertz CT molecular complexity index is 421. The number of piperidine rings is 1. The number of anilines is 1. The fourth-order valence-electron chi connectivity index (χ4n) is 1.96. The molecule has 6 nitrogen and oxygen atoms in total. The third kappa shape index (κ3) is 2.59. The maximum atomic E-state index is 11.2. The van der Waals surface area contributed by atoms with Gasteiger partial charge in [0.15, 0.2) is 11.5 Å². The molecule has 0 saturated carbocycles. The standard InChI is InChI=1S/C12H17N3O3/c1-8-5-6-15(7-10(8)16)11-4-3-9(13-14-11)12(17)18-2/h3-4,8,10,16H,5-7H2,1-2H3. The minimum Gasteiger partial charge on any atom is -0.464 e. The summed E-state index contributed by atoms with van der Waals surface area (Å²) in [5, 5.41) is 17.6. The molecule has 0 bridgehead atoms. The van der Waals surface area contributed by atoms with E-state index in [2.05, 4.69) is 14.9 Å². The number of hydrogen-bond donors (Lipinski definition) is 1. The average molecular weight is 251 g/mol. The smallest absolute Gasteiger partial charge is 0.358 e. The lowest BCUT2D eigenvalue weighted by Gasteiger charge is -2.34. The van der Waals surface area contributed by atoms with Crippen LogP contribution in [0.15, 0.2) is 12.1 Å². The Balaban J connectivity index is 2.08. The van der Waals surface area contributed by atoms with Gasteiger partial charge >= 0.3 is 5.97 Å². The van der Waals surface area contributed by atoms with Gasteiger partial charge < -0.3 is 14.7 Å². The molecule has 0 aromatic carbocycles. The second-order valence-electron chi connectivity index (χ2n) is 4.55. The van der Waals surface area contributed by atoms with Gasteiger partial charge in [0.2, 0.25) is 0 Å². The Kier molecular flexibility index (Phi) is 3.76. The van der Waals surface area contributed by atoms with Crippen molar-refractivity contribution < 1.29 is 14.6 Å². The van der Waals surface area contributed by atoms with Crippen LogP contribution in [0.1, 0.15) is 23.8 Å². The quantitative estimate of drug-likeness (QED) is 0.770. The van der Waals surface area contributed by atoms with Crippen LogP contribution >= 0.6 is 0 Å². The van der Waals surface area contributed by atoms with Crippen LogP contribution in [0.25, 0.3) is 0 Å². The fourth-order valence-corrected chi connectivity index (χ4v) is 1.96. The Morgan fingerprint density at radius 1 is 1.50 bits per heavy atom. The zero-order chi connectivity index (χ0) is 13.1. The van der Waals surface area contributed by atoms with Crippen molar-refractivity contribution in [1.82, 2.24) is 10.2 Å². The zero-order valence-electron chi connectivity index (χ0n) is 10.5. The number of hydrogen-bond acceptors (Lipinski definition) is 6. The number of ether oxygens (including phenoxy) is 1. The molecule has 2 heterocycles. The van der Waals surface area contributed by atoms with E-state index in [1.165, 1.54) is 7.11 Å². The molecule has 2 unspecified atom stereocenters. The molecule has 1 aromatic heterocycles. The van der Waals surface area contributed by atoms with E-state index in [4.69, 9.17) is 0 Å². The molecule has 0 amide bonds. The van der Waals surface area contributed by atoms with Gasteiger partial charge in [-0.25, -0.2) is 4.79 Å². The first-order chi connectivity index (χ1) is 8.61. The highest BCUT2D eigenvalue weighted by Gasteiger charge is 2.25. The van der Waals surface area contributed by atoms with Crippen molar-refractivity contribution >= 4 is 11.8 Å². The molecular formula is C12H17N3O3. The summed E-state index contributed by atoms with van der Waals surface area (Å²) in [5.41, 5.74) is 0.187. The molecule has 1 aliphatic heterocycles. The average Bonchev–Trinajstić information content (AvgIpc) is 2.41. The van der Waals surface area contributed by atoms with Crippen LogP contribution in [0.2, 0.25) is 0 Å². The molecular weight excluding hydrogens is 234 g/mol.